The highest BCUT2D eigenvalue weighted by Gasteiger charge is 2.16. The van der Waals surface area contributed by atoms with Gasteiger partial charge in [-0.15, -0.1) is 11.3 Å². The second kappa shape index (κ2) is 9.24. The molecule has 0 bridgehead atoms. The van der Waals surface area contributed by atoms with Gasteiger partial charge in [0, 0.05) is 30.2 Å². The van der Waals surface area contributed by atoms with Crippen LogP contribution in [0.25, 0.3) is 0 Å². The molecule has 138 valence electrons. The van der Waals surface area contributed by atoms with E-state index in [-0.39, 0.29) is 5.91 Å². The van der Waals surface area contributed by atoms with Gasteiger partial charge in [-0.3, -0.25) is 4.79 Å². The largest absolute Gasteiger partial charge is 0.360 e. The second-order valence-corrected chi connectivity index (χ2v) is 7.10. The van der Waals surface area contributed by atoms with Crippen molar-refractivity contribution in [3.63, 3.8) is 0 Å². The lowest BCUT2D eigenvalue weighted by atomic mass is 10.2. The SMILES string of the molecule is CCNC(=NCc1ccc(N2CCNC(=O)C2)cc1)NCc1cccs1. The highest BCUT2D eigenvalue weighted by atomic mass is 32.1. The molecule has 2 aromatic rings. The highest BCUT2D eigenvalue weighted by molar-refractivity contribution is 7.09. The van der Waals surface area contributed by atoms with Gasteiger partial charge in [-0.1, -0.05) is 18.2 Å². The molecule has 0 radical (unpaired) electrons. The number of piperazine rings is 1. The number of hydrogen-bond donors (Lipinski definition) is 3. The molecule has 1 fully saturated rings. The summed E-state index contributed by atoms with van der Waals surface area (Å²) in [4.78, 5) is 19.6. The van der Waals surface area contributed by atoms with E-state index in [0.717, 1.165) is 36.8 Å². The first-order chi connectivity index (χ1) is 12.7. The fourth-order valence-electron chi connectivity index (χ4n) is 2.77. The summed E-state index contributed by atoms with van der Waals surface area (Å²) in [7, 11) is 0. The Labute approximate surface area is 158 Å². The monoisotopic (exact) mass is 371 g/mol. The van der Waals surface area contributed by atoms with Gasteiger partial charge < -0.3 is 20.9 Å². The zero-order valence-corrected chi connectivity index (χ0v) is 15.8. The van der Waals surface area contributed by atoms with Crippen molar-refractivity contribution >= 4 is 28.9 Å². The molecular formula is C19H25N5OS. The summed E-state index contributed by atoms with van der Waals surface area (Å²) >= 11 is 1.73. The van der Waals surface area contributed by atoms with E-state index in [0.29, 0.717) is 19.6 Å². The number of nitrogens with one attached hydrogen (secondary N) is 3. The van der Waals surface area contributed by atoms with Crippen LogP contribution in [-0.2, 0) is 17.9 Å². The molecule has 1 aromatic heterocycles. The van der Waals surface area contributed by atoms with E-state index in [1.807, 2.05) is 0 Å². The van der Waals surface area contributed by atoms with E-state index in [1.54, 1.807) is 11.3 Å². The van der Waals surface area contributed by atoms with Crippen molar-refractivity contribution in [1.82, 2.24) is 16.0 Å². The van der Waals surface area contributed by atoms with E-state index in [4.69, 9.17) is 0 Å². The molecule has 0 unspecified atom stereocenters. The van der Waals surface area contributed by atoms with Crippen LogP contribution in [0.15, 0.2) is 46.8 Å². The van der Waals surface area contributed by atoms with Crippen LogP contribution in [-0.4, -0.2) is 38.0 Å². The van der Waals surface area contributed by atoms with E-state index >= 15 is 0 Å². The molecule has 26 heavy (non-hydrogen) atoms. The number of hydrogen-bond acceptors (Lipinski definition) is 4. The Morgan fingerprint density at radius 2 is 2.12 bits per heavy atom. The molecule has 0 spiro atoms. The third kappa shape index (κ3) is 5.23. The minimum absolute atomic E-state index is 0.0806. The molecule has 1 aromatic carbocycles. The van der Waals surface area contributed by atoms with Gasteiger partial charge in [-0.25, -0.2) is 4.99 Å². The first-order valence-corrected chi connectivity index (χ1v) is 9.77. The van der Waals surface area contributed by atoms with Crippen molar-refractivity contribution in [3.8, 4) is 0 Å². The highest BCUT2D eigenvalue weighted by Crippen LogP contribution is 2.16. The third-order valence-corrected chi connectivity index (χ3v) is 4.99. The molecule has 1 aliphatic heterocycles. The smallest absolute Gasteiger partial charge is 0.239 e. The molecule has 3 rings (SSSR count). The molecule has 1 saturated heterocycles. The number of nitrogens with zero attached hydrogens (tertiary/aromatic N) is 2. The van der Waals surface area contributed by atoms with Gasteiger partial charge in [-0.2, -0.15) is 0 Å². The van der Waals surface area contributed by atoms with Crippen LogP contribution in [0, 0.1) is 0 Å². The van der Waals surface area contributed by atoms with Crippen LogP contribution in [0.5, 0.6) is 0 Å². The van der Waals surface area contributed by atoms with Crippen molar-refractivity contribution in [2.45, 2.75) is 20.0 Å². The number of amides is 1. The third-order valence-electron chi connectivity index (χ3n) is 4.11. The number of aliphatic imine (C=N–C) groups is 1. The van der Waals surface area contributed by atoms with E-state index in [1.165, 1.54) is 4.88 Å². The average molecular weight is 372 g/mol. The van der Waals surface area contributed by atoms with E-state index < -0.39 is 0 Å². The standard InChI is InChI=1S/C19H25N5OS/c1-2-20-19(23-13-17-4-3-11-26-17)22-12-15-5-7-16(8-6-15)24-10-9-21-18(25)14-24/h3-8,11H,2,9-10,12-14H2,1H3,(H,21,25)(H2,20,22,23). The molecule has 6 nitrogen and oxygen atoms in total. The lowest BCUT2D eigenvalue weighted by Gasteiger charge is -2.28. The van der Waals surface area contributed by atoms with Crippen molar-refractivity contribution in [2.75, 3.05) is 31.1 Å². The van der Waals surface area contributed by atoms with Crippen LogP contribution in [0.2, 0.25) is 0 Å². The zero-order valence-electron chi connectivity index (χ0n) is 15.0. The Morgan fingerprint density at radius 3 is 2.81 bits per heavy atom. The maximum atomic E-state index is 11.5. The summed E-state index contributed by atoms with van der Waals surface area (Å²) in [5, 5.41) is 11.6. The van der Waals surface area contributed by atoms with E-state index in [2.05, 4.69) is 74.5 Å². The molecule has 1 amide bonds. The number of anilines is 1. The summed E-state index contributed by atoms with van der Waals surface area (Å²) in [6, 6.07) is 12.5. The predicted molar refractivity (Wildman–Crippen MR) is 108 cm³/mol. The lowest BCUT2D eigenvalue weighted by Crippen LogP contribution is -2.47. The molecule has 1 aliphatic rings. The van der Waals surface area contributed by atoms with Gasteiger partial charge in [0.2, 0.25) is 5.91 Å². The average Bonchev–Trinajstić information content (AvgIpc) is 3.18. The summed E-state index contributed by atoms with van der Waals surface area (Å²) < 4.78 is 0. The lowest BCUT2D eigenvalue weighted by molar-refractivity contribution is -0.120. The van der Waals surface area contributed by atoms with Crippen LogP contribution >= 0.6 is 11.3 Å². The molecule has 0 aliphatic carbocycles. The van der Waals surface area contributed by atoms with Crippen LogP contribution in [0.4, 0.5) is 5.69 Å². The molecule has 0 atom stereocenters. The Morgan fingerprint density at radius 1 is 1.27 bits per heavy atom. The summed E-state index contributed by atoms with van der Waals surface area (Å²) in [5.74, 6) is 0.898. The van der Waals surface area contributed by atoms with Gasteiger partial charge in [0.25, 0.3) is 0 Å². The maximum absolute atomic E-state index is 11.5. The zero-order chi connectivity index (χ0) is 18.2. The quantitative estimate of drug-likeness (QED) is 0.536. The second-order valence-electron chi connectivity index (χ2n) is 6.07. The van der Waals surface area contributed by atoms with E-state index in [9.17, 15) is 4.79 Å². The fraction of sp³-hybridized carbons (Fsp3) is 0.368. The normalized spacial score (nSPS) is 14.9. The van der Waals surface area contributed by atoms with Crippen LogP contribution in [0.3, 0.4) is 0 Å². The number of guanidine groups is 1. The number of carbonyl (C=O) groups is 1. The molecule has 0 saturated carbocycles. The topological polar surface area (TPSA) is 68.8 Å². The molecular weight excluding hydrogens is 346 g/mol. The summed E-state index contributed by atoms with van der Waals surface area (Å²) in [6.07, 6.45) is 0. The molecule has 3 N–H and O–H groups in total. The number of rotatable bonds is 6. The number of benzene rings is 1. The van der Waals surface area contributed by atoms with Crippen molar-refractivity contribution in [3.05, 3.63) is 52.2 Å². The first-order valence-electron chi connectivity index (χ1n) is 8.89. The first kappa shape index (κ1) is 18.3. The summed E-state index contributed by atoms with van der Waals surface area (Å²) in [6.45, 7) is 6.25. The van der Waals surface area contributed by atoms with Gasteiger partial charge in [0.05, 0.1) is 19.6 Å². The number of thiophene rings is 1. The van der Waals surface area contributed by atoms with Gasteiger partial charge >= 0.3 is 0 Å². The predicted octanol–water partition coefficient (Wildman–Crippen LogP) is 1.94. The van der Waals surface area contributed by atoms with Crippen LogP contribution in [0.1, 0.15) is 17.4 Å². The number of carbonyl (C=O) groups excluding carboxylic acids is 1. The Hall–Kier alpha value is -2.54. The fourth-order valence-corrected chi connectivity index (χ4v) is 3.41. The van der Waals surface area contributed by atoms with Crippen molar-refractivity contribution < 1.29 is 4.79 Å². The Balaban J connectivity index is 1.57. The maximum Gasteiger partial charge on any atom is 0.239 e. The minimum atomic E-state index is 0.0806. The molecule has 2 heterocycles. The van der Waals surface area contributed by atoms with Crippen molar-refractivity contribution in [1.29, 1.82) is 0 Å². The molecule has 7 heteroatoms. The van der Waals surface area contributed by atoms with Crippen LogP contribution < -0.4 is 20.9 Å². The van der Waals surface area contributed by atoms with Gasteiger partial charge in [-0.05, 0) is 36.1 Å². The summed E-state index contributed by atoms with van der Waals surface area (Å²) in [5.41, 5.74) is 2.22. The van der Waals surface area contributed by atoms with Gasteiger partial charge in [0.1, 0.15) is 0 Å². The Bertz CT molecular complexity index is 727. The van der Waals surface area contributed by atoms with Gasteiger partial charge in [0.15, 0.2) is 5.96 Å². The van der Waals surface area contributed by atoms with Crippen molar-refractivity contribution in [2.24, 2.45) is 4.99 Å². The Kier molecular flexibility index (Phi) is 6.49. The minimum Gasteiger partial charge on any atom is -0.360 e.